The monoisotopic (exact) mass is 340 g/mol. The number of carbonyl (C=O) groups excluding carboxylic acids is 1. The summed E-state index contributed by atoms with van der Waals surface area (Å²) in [4.78, 5) is 21.1. The van der Waals surface area contributed by atoms with Gasteiger partial charge in [0, 0.05) is 25.3 Å². The Kier molecular flexibility index (Phi) is 4.74. The van der Waals surface area contributed by atoms with Gasteiger partial charge in [0.25, 0.3) is 0 Å². The van der Waals surface area contributed by atoms with Gasteiger partial charge in [-0.15, -0.1) is 11.8 Å². The minimum atomic E-state index is -0.585. The Bertz CT molecular complexity index is 589. The van der Waals surface area contributed by atoms with Crippen LogP contribution in [0.25, 0.3) is 0 Å². The van der Waals surface area contributed by atoms with Gasteiger partial charge in [0.2, 0.25) is 5.91 Å². The zero-order valence-electron chi connectivity index (χ0n) is 12.5. The van der Waals surface area contributed by atoms with Gasteiger partial charge in [-0.3, -0.25) is 4.79 Å². The topological polar surface area (TPSA) is 140 Å². The van der Waals surface area contributed by atoms with Crippen molar-refractivity contribution in [3.63, 3.8) is 0 Å². The first kappa shape index (κ1) is 16.1. The molecule has 9 nitrogen and oxygen atoms in total. The fourth-order valence-electron chi connectivity index (χ4n) is 2.80. The summed E-state index contributed by atoms with van der Waals surface area (Å²) in [5, 5.41) is 13.4. The number of fused-ring (bicyclic) bond motifs is 1. The second-order valence-corrected chi connectivity index (χ2v) is 6.52. The van der Waals surface area contributed by atoms with Crippen LogP contribution in [0.3, 0.4) is 0 Å². The minimum Gasteiger partial charge on any atom is -0.390 e. The standard InChI is InChI=1S/C13H20N6O3S/c14-9(21)5-23-4-8-7(20)3-10(22-8)19-2-1-16-11-12(15)17-6-18-13(11)19/h6-8,10,16,20H,1-5H2,(H2,14,21)(H2,15,17,18)/t7-,8+,10+/m0/s1. The number of nitrogen functional groups attached to an aromatic ring is 1. The number of aromatic nitrogens is 2. The molecule has 0 spiro atoms. The average molecular weight is 340 g/mol. The fourth-order valence-corrected chi connectivity index (χ4v) is 3.65. The Morgan fingerprint density at radius 3 is 3.17 bits per heavy atom. The zero-order chi connectivity index (χ0) is 16.4. The number of hydrogen-bond donors (Lipinski definition) is 4. The van der Waals surface area contributed by atoms with E-state index in [1.807, 2.05) is 4.90 Å². The number of nitrogens with one attached hydrogen (secondary N) is 1. The smallest absolute Gasteiger partial charge is 0.227 e. The predicted molar refractivity (Wildman–Crippen MR) is 88.1 cm³/mol. The maximum Gasteiger partial charge on any atom is 0.227 e. The molecular formula is C13H20N6O3S. The Morgan fingerprint density at radius 1 is 1.57 bits per heavy atom. The van der Waals surface area contributed by atoms with E-state index < -0.39 is 6.10 Å². The van der Waals surface area contributed by atoms with Crippen LogP contribution in [0.2, 0.25) is 0 Å². The first-order valence-electron chi connectivity index (χ1n) is 7.37. The molecule has 10 heteroatoms. The Morgan fingerprint density at radius 2 is 2.39 bits per heavy atom. The molecule has 0 unspecified atom stereocenters. The number of rotatable bonds is 5. The molecule has 0 aromatic carbocycles. The molecule has 2 aliphatic heterocycles. The van der Waals surface area contributed by atoms with E-state index in [2.05, 4.69) is 15.3 Å². The first-order valence-corrected chi connectivity index (χ1v) is 8.52. The van der Waals surface area contributed by atoms with Gasteiger partial charge in [-0.1, -0.05) is 0 Å². The molecule has 2 aliphatic rings. The second-order valence-electron chi connectivity index (χ2n) is 5.49. The summed E-state index contributed by atoms with van der Waals surface area (Å²) in [6.45, 7) is 1.39. The summed E-state index contributed by atoms with van der Waals surface area (Å²) in [6, 6.07) is 0. The number of ether oxygens (including phenoxy) is 1. The molecule has 6 N–H and O–H groups in total. The normalized spacial score (nSPS) is 26.7. The molecular weight excluding hydrogens is 320 g/mol. The molecule has 3 heterocycles. The summed E-state index contributed by atoms with van der Waals surface area (Å²) in [5.41, 5.74) is 11.7. The van der Waals surface area contributed by atoms with E-state index in [1.54, 1.807) is 0 Å². The molecule has 1 amide bonds. The Labute approximate surface area is 137 Å². The lowest BCUT2D eigenvalue weighted by molar-refractivity contribution is -0.115. The number of primary amides is 1. The number of amides is 1. The van der Waals surface area contributed by atoms with Gasteiger partial charge in [0.1, 0.15) is 18.2 Å². The van der Waals surface area contributed by atoms with Crippen molar-refractivity contribution in [3.8, 4) is 0 Å². The van der Waals surface area contributed by atoms with E-state index in [0.717, 1.165) is 0 Å². The third kappa shape index (κ3) is 3.43. The van der Waals surface area contributed by atoms with Gasteiger partial charge in [-0.2, -0.15) is 0 Å². The van der Waals surface area contributed by atoms with Crippen LogP contribution in [0, 0.1) is 0 Å². The number of aliphatic hydroxyl groups excluding tert-OH is 1. The molecule has 0 saturated carbocycles. The van der Waals surface area contributed by atoms with Gasteiger partial charge in [0.15, 0.2) is 11.6 Å². The highest BCUT2D eigenvalue weighted by Crippen LogP contribution is 2.35. The highest BCUT2D eigenvalue weighted by molar-refractivity contribution is 7.99. The maximum absolute atomic E-state index is 10.8. The number of hydrogen-bond acceptors (Lipinski definition) is 9. The van der Waals surface area contributed by atoms with Gasteiger partial charge in [-0.05, 0) is 0 Å². The average Bonchev–Trinajstić information content (AvgIpc) is 2.88. The molecule has 0 radical (unpaired) electrons. The molecule has 0 aliphatic carbocycles. The maximum atomic E-state index is 10.8. The van der Waals surface area contributed by atoms with Crippen LogP contribution in [-0.2, 0) is 9.53 Å². The van der Waals surface area contributed by atoms with Gasteiger partial charge < -0.3 is 31.5 Å². The van der Waals surface area contributed by atoms with Crippen LogP contribution in [-0.4, -0.2) is 64.0 Å². The van der Waals surface area contributed by atoms with Crippen molar-refractivity contribution in [3.05, 3.63) is 6.33 Å². The van der Waals surface area contributed by atoms with Crippen molar-refractivity contribution in [2.24, 2.45) is 5.73 Å². The number of thioether (sulfide) groups is 1. The number of anilines is 3. The predicted octanol–water partition coefficient (Wildman–Crippen LogP) is -1.01. The molecule has 1 aromatic rings. The zero-order valence-corrected chi connectivity index (χ0v) is 13.3. The number of nitrogens with zero attached hydrogens (tertiary/aromatic N) is 3. The summed E-state index contributed by atoms with van der Waals surface area (Å²) in [5.74, 6) is 1.45. The van der Waals surface area contributed by atoms with Gasteiger partial charge >= 0.3 is 0 Å². The number of carbonyl (C=O) groups is 1. The third-order valence-electron chi connectivity index (χ3n) is 3.86. The minimum absolute atomic E-state index is 0.220. The largest absolute Gasteiger partial charge is 0.390 e. The van der Waals surface area contributed by atoms with Crippen LogP contribution in [0.1, 0.15) is 6.42 Å². The van der Waals surface area contributed by atoms with E-state index in [9.17, 15) is 9.90 Å². The number of nitrogens with two attached hydrogens (primary N) is 2. The van der Waals surface area contributed by atoms with Crippen molar-refractivity contribution in [2.75, 3.05) is 40.5 Å². The highest BCUT2D eigenvalue weighted by Gasteiger charge is 2.39. The van der Waals surface area contributed by atoms with Crippen molar-refractivity contribution < 1.29 is 14.6 Å². The molecule has 126 valence electrons. The lowest BCUT2D eigenvalue weighted by Gasteiger charge is -2.35. The lowest BCUT2D eigenvalue weighted by atomic mass is 10.2. The molecule has 1 aromatic heterocycles. The van der Waals surface area contributed by atoms with E-state index in [-0.39, 0.29) is 24.0 Å². The Hall–Kier alpha value is -1.78. The summed E-state index contributed by atoms with van der Waals surface area (Å²) < 4.78 is 5.97. The molecule has 0 bridgehead atoms. The van der Waals surface area contributed by atoms with Crippen LogP contribution < -0.4 is 21.7 Å². The van der Waals surface area contributed by atoms with Crippen molar-refractivity contribution in [1.29, 1.82) is 0 Å². The number of aliphatic hydroxyl groups is 1. The van der Waals surface area contributed by atoms with Gasteiger partial charge in [-0.25, -0.2) is 9.97 Å². The Balaban J connectivity index is 1.67. The first-order chi connectivity index (χ1) is 11.1. The van der Waals surface area contributed by atoms with Crippen molar-refractivity contribution in [2.45, 2.75) is 24.9 Å². The highest BCUT2D eigenvalue weighted by atomic mass is 32.2. The van der Waals surface area contributed by atoms with Crippen molar-refractivity contribution >= 4 is 35.0 Å². The molecule has 3 rings (SSSR count). The molecule has 1 fully saturated rings. The van der Waals surface area contributed by atoms with E-state index >= 15 is 0 Å². The fraction of sp³-hybridized carbons (Fsp3) is 0.615. The second kappa shape index (κ2) is 6.77. The van der Waals surface area contributed by atoms with Crippen LogP contribution >= 0.6 is 11.8 Å². The van der Waals surface area contributed by atoms with Crippen LogP contribution in [0.5, 0.6) is 0 Å². The molecule has 23 heavy (non-hydrogen) atoms. The molecule has 3 atom stereocenters. The van der Waals surface area contributed by atoms with Crippen LogP contribution in [0.15, 0.2) is 6.33 Å². The summed E-state index contributed by atoms with van der Waals surface area (Å²) >= 11 is 1.36. The van der Waals surface area contributed by atoms with E-state index in [1.165, 1.54) is 18.1 Å². The summed E-state index contributed by atoms with van der Waals surface area (Å²) in [6.07, 6.45) is 0.698. The van der Waals surface area contributed by atoms with E-state index in [0.29, 0.717) is 42.6 Å². The van der Waals surface area contributed by atoms with E-state index in [4.69, 9.17) is 16.2 Å². The SMILES string of the molecule is NC(=O)CSC[C@H]1O[C@@H](N2CCNc3c(N)ncnc32)C[C@@H]1O. The quantitative estimate of drug-likeness (QED) is 0.530. The lowest BCUT2D eigenvalue weighted by Crippen LogP contribution is -2.43. The van der Waals surface area contributed by atoms with Crippen molar-refractivity contribution in [1.82, 2.24) is 9.97 Å². The molecule has 1 saturated heterocycles. The summed E-state index contributed by atoms with van der Waals surface area (Å²) in [7, 11) is 0. The third-order valence-corrected chi connectivity index (χ3v) is 4.91. The van der Waals surface area contributed by atoms with Crippen LogP contribution in [0.4, 0.5) is 17.3 Å². The van der Waals surface area contributed by atoms with Gasteiger partial charge in [0.05, 0.1) is 18.0 Å².